The van der Waals surface area contributed by atoms with E-state index in [1.165, 1.54) is 44.1 Å². The average molecular weight is 526 g/mol. The summed E-state index contributed by atoms with van der Waals surface area (Å²) in [5.41, 5.74) is 0.155. The van der Waals surface area contributed by atoms with Crippen molar-refractivity contribution in [3.63, 3.8) is 0 Å². The van der Waals surface area contributed by atoms with Gasteiger partial charge >= 0.3 is 5.97 Å². The maximum absolute atomic E-state index is 11.6. The highest BCUT2D eigenvalue weighted by Crippen LogP contribution is 2.38. The van der Waals surface area contributed by atoms with E-state index in [1.807, 2.05) is 0 Å². The van der Waals surface area contributed by atoms with Gasteiger partial charge in [0.2, 0.25) is 0 Å². The first-order valence-corrected chi connectivity index (χ1v) is 15.1. The van der Waals surface area contributed by atoms with Crippen LogP contribution >= 0.6 is 23.1 Å². The van der Waals surface area contributed by atoms with Gasteiger partial charge in [-0.25, -0.2) is 9.78 Å². The summed E-state index contributed by atoms with van der Waals surface area (Å²) in [5, 5.41) is 12.4. The number of esters is 1. The SMILES string of the molecule is CCCCCC(C)(C/C=C/[C@H]1CC[C@H](O)[C@@H]1CCSc1nc(C(=O)OC)cs1)OC1CCCCO1. The van der Waals surface area contributed by atoms with Gasteiger partial charge in [0.1, 0.15) is 0 Å². The number of allylic oxidation sites excluding steroid dienone is 1. The molecule has 1 saturated carbocycles. The highest BCUT2D eigenvalue weighted by molar-refractivity contribution is 8.01. The van der Waals surface area contributed by atoms with Crippen LogP contribution in [0, 0.1) is 11.8 Å². The molecule has 3 rings (SSSR count). The van der Waals surface area contributed by atoms with Crippen molar-refractivity contribution in [3.8, 4) is 0 Å². The van der Waals surface area contributed by atoms with Gasteiger partial charge in [-0.3, -0.25) is 0 Å². The zero-order chi connectivity index (χ0) is 25.1. The lowest BCUT2D eigenvalue weighted by Crippen LogP contribution is -2.36. The summed E-state index contributed by atoms with van der Waals surface area (Å²) < 4.78 is 18.0. The third-order valence-electron chi connectivity index (χ3n) is 7.19. The van der Waals surface area contributed by atoms with Gasteiger partial charge in [0.25, 0.3) is 0 Å². The van der Waals surface area contributed by atoms with E-state index in [2.05, 4.69) is 31.0 Å². The van der Waals surface area contributed by atoms with Crippen LogP contribution in [-0.2, 0) is 14.2 Å². The molecule has 0 amide bonds. The van der Waals surface area contributed by atoms with Gasteiger partial charge in [-0.2, -0.15) is 0 Å². The minimum atomic E-state index is -0.398. The van der Waals surface area contributed by atoms with Crippen LogP contribution in [0.5, 0.6) is 0 Å². The summed E-state index contributed by atoms with van der Waals surface area (Å²) in [6.07, 6.45) is 15.9. The monoisotopic (exact) mass is 525 g/mol. The van der Waals surface area contributed by atoms with E-state index in [0.717, 1.165) is 61.6 Å². The quantitative estimate of drug-likeness (QED) is 0.126. The molecule has 1 aromatic heterocycles. The van der Waals surface area contributed by atoms with E-state index < -0.39 is 5.97 Å². The zero-order valence-electron chi connectivity index (χ0n) is 21.6. The predicted molar refractivity (Wildman–Crippen MR) is 142 cm³/mol. The fraction of sp³-hybridized carbons (Fsp3) is 0.778. The third kappa shape index (κ3) is 9.15. The number of rotatable bonds is 14. The second-order valence-corrected chi connectivity index (χ2v) is 12.3. The first kappa shape index (κ1) is 28.6. The Kier molecular flexibility index (Phi) is 12.0. The van der Waals surface area contributed by atoms with Crippen LogP contribution in [0.15, 0.2) is 21.9 Å². The summed E-state index contributed by atoms with van der Waals surface area (Å²) >= 11 is 3.12. The van der Waals surface area contributed by atoms with E-state index in [1.54, 1.807) is 17.1 Å². The van der Waals surface area contributed by atoms with Gasteiger partial charge in [-0.15, -0.1) is 11.3 Å². The molecule has 1 aromatic rings. The van der Waals surface area contributed by atoms with Crippen LogP contribution in [0.3, 0.4) is 0 Å². The van der Waals surface area contributed by atoms with Gasteiger partial charge in [0.15, 0.2) is 16.3 Å². The lowest BCUT2D eigenvalue weighted by atomic mass is 9.89. The summed E-state index contributed by atoms with van der Waals surface area (Å²) in [7, 11) is 1.37. The number of aromatic nitrogens is 1. The first-order chi connectivity index (χ1) is 16.9. The number of nitrogens with zero attached hydrogens (tertiary/aromatic N) is 1. The van der Waals surface area contributed by atoms with E-state index in [-0.39, 0.29) is 23.9 Å². The largest absolute Gasteiger partial charge is 0.464 e. The van der Waals surface area contributed by atoms with Crippen LogP contribution in [0.2, 0.25) is 0 Å². The van der Waals surface area contributed by atoms with Crippen molar-refractivity contribution >= 4 is 29.1 Å². The maximum atomic E-state index is 11.6. The minimum Gasteiger partial charge on any atom is -0.464 e. The Morgan fingerprint density at radius 1 is 1.34 bits per heavy atom. The van der Waals surface area contributed by atoms with Crippen molar-refractivity contribution < 1.29 is 24.1 Å². The standard InChI is InChI=1S/C27H43NO5S2/c1-4-5-7-15-27(2,33-24-11-6-8-17-32-24)16-9-10-20-12-13-23(29)21(20)14-18-34-26-28-22(19-35-26)25(30)31-3/h9-10,19-21,23-24,29H,4-8,11-18H2,1-3H3/b10-9+/t20-,21+,23-,24?,27?/m0/s1. The van der Waals surface area contributed by atoms with Crippen molar-refractivity contribution in [1.29, 1.82) is 0 Å². The molecule has 2 heterocycles. The van der Waals surface area contributed by atoms with E-state index in [4.69, 9.17) is 14.2 Å². The number of methoxy groups -OCH3 is 1. The molecule has 2 unspecified atom stereocenters. The smallest absolute Gasteiger partial charge is 0.357 e. The molecular formula is C27H43NO5S2. The highest BCUT2D eigenvalue weighted by Gasteiger charge is 2.34. The normalized spacial score (nSPS) is 26.7. The molecular weight excluding hydrogens is 482 g/mol. The molecule has 1 aliphatic heterocycles. The summed E-state index contributed by atoms with van der Waals surface area (Å²) in [4.78, 5) is 16.0. The third-order valence-corrected chi connectivity index (χ3v) is 9.24. The van der Waals surface area contributed by atoms with E-state index in [9.17, 15) is 9.90 Å². The molecule has 8 heteroatoms. The van der Waals surface area contributed by atoms with Crippen LogP contribution in [-0.4, -0.2) is 53.5 Å². The molecule has 2 fully saturated rings. The number of unbranched alkanes of at least 4 members (excludes halogenated alkanes) is 2. The Hall–Kier alpha value is -0.930. The number of hydrogen-bond acceptors (Lipinski definition) is 8. The Balaban J connectivity index is 1.51. The van der Waals surface area contributed by atoms with Crippen LogP contribution in [0.25, 0.3) is 0 Å². The second-order valence-electron chi connectivity index (χ2n) is 10.1. The Morgan fingerprint density at radius 2 is 2.20 bits per heavy atom. The second kappa shape index (κ2) is 14.7. The van der Waals surface area contributed by atoms with Crippen LogP contribution in [0.1, 0.15) is 95.0 Å². The fourth-order valence-corrected chi connectivity index (χ4v) is 7.00. The topological polar surface area (TPSA) is 77.9 Å². The van der Waals surface area contributed by atoms with Gasteiger partial charge in [0, 0.05) is 17.7 Å². The van der Waals surface area contributed by atoms with Crippen molar-refractivity contribution in [2.75, 3.05) is 19.5 Å². The fourth-order valence-electron chi connectivity index (χ4n) is 5.10. The molecule has 1 saturated heterocycles. The molecule has 0 radical (unpaired) electrons. The summed E-state index contributed by atoms with van der Waals surface area (Å²) in [6, 6.07) is 0. The summed E-state index contributed by atoms with van der Waals surface area (Å²) in [5.74, 6) is 1.12. The Morgan fingerprint density at radius 3 is 2.94 bits per heavy atom. The van der Waals surface area contributed by atoms with E-state index >= 15 is 0 Å². The number of ether oxygens (including phenoxy) is 3. The molecule has 1 aliphatic carbocycles. The van der Waals surface area contributed by atoms with Gasteiger partial charge in [0.05, 0.1) is 18.8 Å². The van der Waals surface area contributed by atoms with Crippen molar-refractivity contribution in [2.45, 2.75) is 107 Å². The highest BCUT2D eigenvalue weighted by atomic mass is 32.2. The average Bonchev–Trinajstić information content (AvgIpc) is 3.47. The number of thioether (sulfide) groups is 1. The number of aliphatic hydroxyl groups is 1. The number of carbonyl (C=O) groups excluding carboxylic acids is 1. The molecule has 198 valence electrons. The zero-order valence-corrected chi connectivity index (χ0v) is 23.2. The molecule has 2 aliphatic rings. The molecule has 5 atom stereocenters. The molecule has 0 spiro atoms. The van der Waals surface area contributed by atoms with Gasteiger partial charge < -0.3 is 19.3 Å². The van der Waals surface area contributed by atoms with Gasteiger partial charge in [-0.1, -0.05) is 50.1 Å². The minimum absolute atomic E-state index is 0.0765. The van der Waals surface area contributed by atoms with Gasteiger partial charge in [-0.05, 0) is 70.1 Å². The number of hydrogen-bond donors (Lipinski definition) is 1. The molecule has 0 bridgehead atoms. The van der Waals surface area contributed by atoms with Crippen molar-refractivity contribution in [3.05, 3.63) is 23.2 Å². The lowest BCUT2D eigenvalue weighted by molar-refractivity contribution is -0.221. The van der Waals surface area contributed by atoms with Crippen molar-refractivity contribution in [1.82, 2.24) is 4.98 Å². The Labute approximate surface area is 219 Å². The Bertz CT molecular complexity index is 794. The van der Waals surface area contributed by atoms with E-state index in [0.29, 0.717) is 11.6 Å². The van der Waals surface area contributed by atoms with Crippen LogP contribution in [0.4, 0.5) is 0 Å². The molecule has 6 nitrogen and oxygen atoms in total. The lowest BCUT2D eigenvalue weighted by Gasteiger charge is -2.35. The number of aliphatic hydroxyl groups excluding tert-OH is 1. The predicted octanol–water partition coefficient (Wildman–Crippen LogP) is 6.63. The maximum Gasteiger partial charge on any atom is 0.357 e. The molecule has 1 N–H and O–H groups in total. The number of thiazole rings is 1. The van der Waals surface area contributed by atoms with Crippen LogP contribution < -0.4 is 0 Å². The molecule has 0 aromatic carbocycles. The summed E-state index contributed by atoms with van der Waals surface area (Å²) in [6.45, 7) is 5.27. The molecule has 35 heavy (non-hydrogen) atoms. The number of carbonyl (C=O) groups is 1. The first-order valence-electron chi connectivity index (χ1n) is 13.2. The van der Waals surface area contributed by atoms with Crippen molar-refractivity contribution in [2.24, 2.45) is 11.8 Å².